The van der Waals surface area contributed by atoms with Crippen molar-refractivity contribution in [2.24, 2.45) is 0 Å². The van der Waals surface area contributed by atoms with Crippen LogP contribution in [0.1, 0.15) is 24.0 Å². The Bertz CT molecular complexity index is 380. The van der Waals surface area contributed by atoms with Gasteiger partial charge in [-0.15, -0.1) is 0 Å². The maximum Gasteiger partial charge on any atom is 0.0925 e. The molecule has 0 radical (unpaired) electrons. The zero-order valence-electron chi connectivity index (χ0n) is 9.64. The zero-order valence-corrected chi connectivity index (χ0v) is 9.64. The Hall–Kier alpha value is -1.60. The van der Waals surface area contributed by atoms with Gasteiger partial charge < -0.3 is 5.73 Å². The van der Waals surface area contributed by atoms with Gasteiger partial charge in [0.15, 0.2) is 0 Å². The highest BCUT2D eigenvalue weighted by Gasteiger charge is 2.20. The van der Waals surface area contributed by atoms with Gasteiger partial charge in [-0.25, -0.2) is 0 Å². The van der Waals surface area contributed by atoms with Crippen molar-refractivity contribution in [2.75, 3.05) is 0 Å². The van der Waals surface area contributed by atoms with Gasteiger partial charge in [0.25, 0.3) is 0 Å². The highest BCUT2D eigenvalue weighted by atomic mass is 14.6. The van der Waals surface area contributed by atoms with Gasteiger partial charge in [-0.2, -0.15) is 0 Å². The van der Waals surface area contributed by atoms with Crippen LogP contribution in [0.2, 0.25) is 0 Å². The van der Waals surface area contributed by atoms with Crippen molar-refractivity contribution in [2.45, 2.75) is 18.9 Å². The van der Waals surface area contributed by atoms with Crippen LogP contribution in [0, 0.1) is 0 Å². The summed E-state index contributed by atoms with van der Waals surface area (Å²) in [7, 11) is 0. The Morgan fingerprint density at radius 2 is 1.12 bits per heavy atom. The van der Waals surface area contributed by atoms with Crippen molar-refractivity contribution in [1.82, 2.24) is 0 Å². The molecule has 0 aliphatic rings. The van der Waals surface area contributed by atoms with Gasteiger partial charge >= 0.3 is 0 Å². The van der Waals surface area contributed by atoms with Crippen LogP contribution in [0.15, 0.2) is 60.7 Å². The van der Waals surface area contributed by atoms with Gasteiger partial charge in [0, 0.05) is 0 Å². The molecular weight excluding hydrogens is 194 g/mol. The van der Waals surface area contributed by atoms with Crippen LogP contribution in [0.4, 0.5) is 0 Å². The van der Waals surface area contributed by atoms with Crippen molar-refractivity contribution in [1.29, 1.82) is 0 Å². The molecule has 0 aromatic heterocycles. The molecule has 0 fully saturated rings. The summed E-state index contributed by atoms with van der Waals surface area (Å²) in [6, 6.07) is 21.6. The lowest BCUT2D eigenvalue weighted by Crippen LogP contribution is -2.61. The molecule has 0 amide bonds. The molecule has 1 heteroatoms. The van der Waals surface area contributed by atoms with E-state index in [2.05, 4.69) is 73.3 Å². The predicted molar refractivity (Wildman–Crippen MR) is 67.1 cm³/mol. The largest absolute Gasteiger partial charge is 0.355 e. The zero-order chi connectivity index (χ0) is 11.4. The molecule has 0 spiro atoms. The fourth-order valence-electron chi connectivity index (χ4n) is 2.17. The third-order valence-corrected chi connectivity index (χ3v) is 2.89. The summed E-state index contributed by atoms with van der Waals surface area (Å²) in [6.45, 7) is 2.17. The Labute approximate surface area is 96.9 Å². The number of rotatable bonds is 3. The summed E-state index contributed by atoms with van der Waals surface area (Å²) >= 11 is 0. The normalized spacial score (nSPS) is 12.7. The molecule has 0 heterocycles. The van der Waals surface area contributed by atoms with E-state index in [4.69, 9.17) is 0 Å². The fourth-order valence-corrected chi connectivity index (χ4v) is 2.17. The second kappa shape index (κ2) is 4.95. The van der Waals surface area contributed by atoms with E-state index in [0.717, 1.165) is 0 Å². The highest BCUT2D eigenvalue weighted by molar-refractivity contribution is 5.33. The molecule has 1 nitrogen and oxygen atoms in total. The first-order valence-corrected chi connectivity index (χ1v) is 5.72. The Balaban J connectivity index is 2.40. The minimum atomic E-state index is 0.366. The number of quaternary nitrogens is 1. The minimum Gasteiger partial charge on any atom is -0.355 e. The van der Waals surface area contributed by atoms with Crippen LogP contribution < -0.4 is 5.73 Å². The second-order valence-electron chi connectivity index (χ2n) is 4.28. The van der Waals surface area contributed by atoms with Crippen LogP contribution >= 0.6 is 0 Å². The lowest BCUT2D eigenvalue weighted by molar-refractivity contribution is -0.417. The molecule has 16 heavy (non-hydrogen) atoms. The monoisotopic (exact) mass is 212 g/mol. The predicted octanol–water partition coefficient (Wildman–Crippen LogP) is 2.45. The molecule has 1 atom stereocenters. The van der Waals surface area contributed by atoms with E-state index in [-0.39, 0.29) is 0 Å². The quantitative estimate of drug-likeness (QED) is 0.809. The summed E-state index contributed by atoms with van der Waals surface area (Å²) in [5.74, 6) is 0.391. The maximum atomic E-state index is 4.19. The molecule has 82 valence electrons. The van der Waals surface area contributed by atoms with Gasteiger partial charge in [-0.1, -0.05) is 60.7 Å². The van der Waals surface area contributed by atoms with Gasteiger partial charge in [0.1, 0.15) is 0 Å². The van der Waals surface area contributed by atoms with E-state index in [1.807, 2.05) is 0 Å². The lowest BCUT2D eigenvalue weighted by Gasteiger charge is -2.19. The van der Waals surface area contributed by atoms with Crippen LogP contribution in [-0.4, -0.2) is 6.04 Å². The molecule has 2 aromatic carbocycles. The lowest BCUT2D eigenvalue weighted by atomic mass is 9.86. The van der Waals surface area contributed by atoms with Crippen molar-refractivity contribution < 1.29 is 5.73 Å². The molecule has 1 unspecified atom stereocenters. The SMILES string of the molecule is CC([NH3+])C(c1ccccc1)c1ccccc1. The highest BCUT2D eigenvalue weighted by Crippen LogP contribution is 2.25. The van der Waals surface area contributed by atoms with E-state index in [1.165, 1.54) is 11.1 Å². The topological polar surface area (TPSA) is 27.6 Å². The second-order valence-corrected chi connectivity index (χ2v) is 4.28. The molecule has 0 saturated heterocycles. The molecule has 0 aliphatic heterocycles. The van der Waals surface area contributed by atoms with E-state index >= 15 is 0 Å². The third kappa shape index (κ3) is 2.31. The van der Waals surface area contributed by atoms with E-state index in [9.17, 15) is 0 Å². The van der Waals surface area contributed by atoms with Crippen LogP contribution in [0.3, 0.4) is 0 Å². The van der Waals surface area contributed by atoms with Gasteiger partial charge in [-0.05, 0) is 18.1 Å². The molecule has 0 saturated carbocycles. The van der Waals surface area contributed by atoms with Crippen LogP contribution in [-0.2, 0) is 0 Å². The Kier molecular flexibility index (Phi) is 3.37. The molecular formula is C15H18N+. The molecule has 2 rings (SSSR count). The maximum absolute atomic E-state index is 4.19. The first-order chi connectivity index (χ1) is 7.79. The van der Waals surface area contributed by atoms with Gasteiger partial charge in [0.05, 0.1) is 12.0 Å². The summed E-state index contributed by atoms with van der Waals surface area (Å²) < 4.78 is 0. The van der Waals surface area contributed by atoms with Gasteiger partial charge in [-0.3, -0.25) is 0 Å². The Morgan fingerprint density at radius 1 is 0.750 bits per heavy atom. The van der Waals surface area contributed by atoms with Crippen LogP contribution in [0.25, 0.3) is 0 Å². The molecule has 0 bridgehead atoms. The fraction of sp³-hybridized carbons (Fsp3) is 0.200. The average molecular weight is 212 g/mol. The van der Waals surface area contributed by atoms with Crippen molar-refractivity contribution in [3.63, 3.8) is 0 Å². The molecule has 0 aliphatic carbocycles. The number of hydrogen-bond acceptors (Lipinski definition) is 0. The summed E-state index contributed by atoms with van der Waals surface area (Å²) in [6.07, 6.45) is 0. The first kappa shape index (κ1) is 10.9. The molecule has 3 N–H and O–H groups in total. The van der Waals surface area contributed by atoms with Crippen LogP contribution in [0.5, 0.6) is 0 Å². The summed E-state index contributed by atoms with van der Waals surface area (Å²) in [5, 5.41) is 0. The summed E-state index contributed by atoms with van der Waals surface area (Å²) in [4.78, 5) is 0. The third-order valence-electron chi connectivity index (χ3n) is 2.89. The smallest absolute Gasteiger partial charge is 0.0925 e. The first-order valence-electron chi connectivity index (χ1n) is 5.72. The van der Waals surface area contributed by atoms with E-state index in [1.54, 1.807) is 0 Å². The van der Waals surface area contributed by atoms with E-state index < -0.39 is 0 Å². The summed E-state index contributed by atoms with van der Waals surface area (Å²) in [5.41, 5.74) is 6.88. The van der Waals surface area contributed by atoms with Crippen molar-refractivity contribution in [3.05, 3.63) is 71.8 Å². The van der Waals surface area contributed by atoms with Gasteiger partial charge in [0.2, 0.25) is 0 Å². The number of benzene rings is 2. The standard InChI is InChI=1S/C15H17N/c1-12(16)15(13-8-4-2-5-9-13)14-10-6-3-7-11-14/h2-12,15H,16H2,1H3/p+1. The number of hydrogen-bond donors (Lipinski definition) is 1. The average Bonchev–Trinajstić information content (AvgIpc) is 2.31. The molecule has 2 aromatic rings. The van der Waals surface area contributed by atoms with E-state index in [0.29, 0.717) is 12.0 Å². The van der Waals surface area contributed by atoms with Crippen molar-refractivity contribution in [3.8, 4) is 0 Å². The minimum absolute atomic E-state index is 0.366. The Morgan fingerprint density at radius 3 is 1.44 bits per heavy atom. The van der Waals surface area contributed by atoms with Crippen molar-refractivity contribution >= 4 is 0 Å².